The Morgan fingerprint density at radius 2 is 1.65 bits per heavy atom. The van der Waals surface area contributed by atoms with Crippen LogP contribution < -0.4 is 0 Å². The summed E-state index contributed by atoms with van der Waals surface area (Å²) in [6, 6.07) is 0. The van der Waals surface area contributed by atoms with Gasteiger partial charge in [-0.1, -0.05) is 0 Å². The molecular formula is C8H15O7PS. The van der Waals surface area contributed by atoms with Crippen LogP contribution in [0, 0.1) is 0 Å². The van der Waals surface area contributed by atoms with Gasteiger partial charge >= 0.3 is 18.7 Å². The van der Waals surface area contributed by atoms with E-state index in [4.69, 9.17) is 0 Å². The van der Waals surface area contributed by atoms with Crippen LogP contribution in [0.4, 0.5) is 0 Å². The van der Waals surface area contributed by atoms with Crippen LogP contribution in [0.5, 0.6) is 0 Å². The number of methoxy groups -OCH3 is 2. The van der Waals surface area contributed by atoms with E-state index in [9.17, 15) is 14.2 Å². The number of esters is 2. The van der Waals surface area contributed by atoms with Gasteiger partial charge in [0, 0.05) is 14.2 Å². The molecule has 0 fully saturated rings. The molecule has 0 N–H and O–H groups in total. The Labute approximate surface area is 103 Å². The van der Waals surface area contributed by atoms with Gasteiger partial charge in [0.2, 0.25) is 0 Å². The number of rotatable bonds is 7. The molecule has 0 saturated heterocycles. The monoisotopic (exact) mass is 286 g/mol. The molecule has 1 atom stereocenters. The van der Waals surface area contributed by atoms with E-state index in [-0.39, 0.29) is 6.42 Å². The molecular weight excluding hydrogens is 271 g/mol. The summed E-state index contributed by atoms with van der Waals surface area (Å²) >= 11 is 0.604. The molecule has 0 aromatic heterocycles. The minimum Gasteiger partial charge on any atom is -0.469 e. The molecule has 0 aliphatic rings. The van der Waals surface area contributed by atoms with Gasteiger partial charge < -0.3 is 18.5 Å². The number of hydrogen-bond acceptors (Lipinski definition) is 8. The van der Waals surface area contributed by atoms with Crippen LogP contribution in [0.2, 0.25) is 0 Å². The van der Waals surface area contributed by atoms with Crippen LogP contribution in [0.25, 0.3) is 0 Å². The molecule has 0 saturated carbocycles. The molecule has 0 aromatic rings. The van der Waals surface area contributed by atoms with Gasteiger partial charge in [0.15, 0.2) is 0 Å². The van der Waals surface area contributed by atoms with Crippen molar-refractivity contribution < 1.29 is 32.7 Å². The topological polar surface area (TPSA) is 88.1 Å². The highest BCUT2D eigenvalue weighted by atomic mass is 32.7. The van der Waals surface area contributed by atoms with E-state index in [0.717, 1.165) is 7.11 Å². The van der Waals surface area contributed by atoms with E-state index in [0.29, 0.717) is 11.4 Å². The molecule has 0 aliphatic carbocycles. The summed E-state index contributed by atoms with van der Waals surface area (Å²) in [5.41, 5.74) is 0. The quantitative estimate of drug-likeness (QED) is 0.510. The molecule has 100 valence electrons. The Morgan fingerprint density at radius 3 is 2.00 bits per heavy atom. The normalized spacial score (nSPS) is 12.9. The number of hydrogen-bond donors (Lipinski definition) is 0. The van der Waals surface area contributed by atoms with Crippen molar-refractivity contribution in [2.75, 3.05) is 28.4 Å². The Bertz CT molecular complexity index is 311. The minimum atomic E-state index is -3.46. The van der Waals surface area contributed by atoms with Crippen molar-refractivity contribution in [1.29, 1.82) is 0 Å². The van der Waals surface area contributed by atoms with Crippen molar-refractivity contribution in [2.45, 2.75) is 11.7 Å². The Morgan fingerprint density at radius 1 is 1.12 bits per heavy atom. The van der Waals surface area contributed by atoms with Gasteiger partial charge in [-0.2, -0.15) is 0 Å². The highest BCUT2D eigenvalue weighted by Gasteiger charge is 2.34. The predicted octanol–water partition coefficient (Wildman–Crippen LogP) is 1.23. The largest absolute Gasteiger partial charge is 0.469 e. The molecule has 0 spiro atoms. The fourth-order valence-corrected chi connectivity index (χ4v) is 3.81. The van der Waals surface area contributed by atoms with Crippen molar-refractivity contribution in [3.63, 3.8) is 0 Å². The molecule has 0 rings (SSSR count). The molecule has 7 nitrogen and oxygen atoms in total. The molecule has 0 heterocycles. The second kappa shape index (κ2) is 7.71. The highest BCUT2D eigenvalue weighted by Crippen LogP contribution is 2.61. The molecule has 0 amide bonds. The third-order valence-corrected chi connectivity index (χ3v) is 5.95. The fourth-order valence-electron chi connectivity index (χ4n) is 0.846. The highest BCUT2D eigenvalue weighted by molar-refractivity contribution is 8.55. The first-order chi connectivity index (χ1) is 7.92. The third kappa shape index (κ3) is 5.54. The summed E-state index contributed by atoms with van der Waals surface area (Å²) in [6.45, 7) is -3.46. The average molecular weight is 286 g/mol. The summed E-state index contributed by atoms with van der Waals surface area (Å²) in [7, 11) is 4.72. The van der Waals surface area contributed by atoms with Gasteiger partial charge in [0.05, 0.1) is 20.6 Å². The Kier molecular flexibility index (Phi) is 7.45. The van der Waals surface area contributed by atoms with Gasteiger partial charge in [-0.25, -0.2) is 4.57 Å². The van der Waals surface area contributed by atoms with E-state index >= 15 is 0 Å². The van der Waals surface area contributed by atoms with Crippen LogP contribution in [-0.2, 0) is 32.7 Å². The van der Waals surface area contributed by atoms with Gasteiger partial charge in [-0.3, -0.25) is 9.59 Å². The summed E-state index contributed by atoms with van der Waals surface area (Å²) < 4.78 is 30.1. The van der Waals surface area contributed by atoms with Crippen LogP contribution in [0.1, 0.15) is 6.42 Å². The second-order valence-corrected chi connectivity index (χ2v) is 7.09. The first kappa shape index (κ1) is 16.4. The van der Waals surface area contributed by atoms with Crippen molar-refractivity contribution in [1.82, 2.24) is 0 Å². The zero-order valence-corrected chi connectivity index (χ0v) is 11.7. The molecule has 0 aliphatic heterocycles. The van der Waals surface area contributed by atoms with Crippen LogP contribution in [0.3, 0.4) is 0 Å². The lowest BCUT2D eigenvalue weighted by Crippen LogP contribution is -2.23. The molecule has 17 heavy (non-hydrogen) atoms. The molecule has 0 aromatic carbocycles. The standard InChI is InChI=1S/C8H15O7PS/c1-12-7(9)5-6(8(10)13-2)17-16(11,14-3)15-4/h6H,5H2,1-4H3. The van der Waals surface area contributed by atoms with E-state index in [1.54, 1.807) is 0 Å². The van der Waals surface area contributed by atoms with Gasteiger partial charge in [-0.05, 0) is 11.4 Å². The average Bonchev–Trinajstić information content (AvgIpc) is 2.36. The van der Waals surface area contributed by atoms with E-state index in [1.165, 1.54) is 21.3 Å². The summed E-state index contributed by atoms with van der Waals surface area (Å²) in [4.78, 5) is 22.5. The van der Waals surface area contributed by atoms with E-state index in [1.807, 2.05) is 0 Å². The van der Waals surface area contributed by atoms with Crippen LogP contribution >= 0.6 is 18.2 Å². The number of ether oxygens (including phenoxy) is 2. The lowest BCUT2D eigenvalue weighted by atomic mass is 10.3. The minimum absolute atomic E-state index is 0.273. The Balaban J connectivity index is 4.76. The zero-order chi connectivity index (χ0) is 13.5. The summed E-state index contributed by atoms with van der Waals surface area (Å²) in [5, 5.41) is -1.00. The van der Waals surface area contributed by atoms with Crippen molar-refractivity contribution in [3.8, 4) is 0 Å². The van der Waals surface area contributed by atoms with Crippen molar-refractivity contribution in [3.05, 3.63) is 0 Å². The molecule has 1 unspecified atom stereocenters. The fraction of sp³-hybridized carbons (Fsp3) is 0.750. The summed E-state index contributed by atoms with van der Waals surface area (Å²) in [6.07, 6.45) is -0.273. The lowest BCUT2D eigenvalue weighted by molar-refractivity contribution is -0.146. The number of carbonyl (C=O) groups is 2. The summed E-state index contributed by atoms with van der Waals surface area (Å²) in [5.74, 6) is -1.32. The lowest BCUT2D eigenvalue weighted by Gasteiger charge is -2.17. The zero-order valence-electron chi connectivity index (χ0n) is 10.00. The second-order valence-electron chi connectivity index (χ2n) is 2.71. The predicted molar refractivity (Wildman–Crippen MR) is 61.7 cm³/mol. The molecule has 9 heteroatoms. The first-order valence-corrected chi connectivity index (χ1v) is 7.49. The van der Waals surface area contributed by atoms with Crippen LogP contribution in [0.15, 0.2) is 0 Å². The SMILES string of the molecule is COC(=O)CC(SP(=O)(OC)OC)C(=O)OC. The van der Waals surface area contributed by atoms with Gasteiger partial charge in [0.1, 0.15) is 5.25 Å². The number of carbonyl (C=O) groups excluding carboxylic acids is 2. The smallest absolute Gasteiger partial charge is 0.389 e. The first-order valence-electron chi connectivity index (χ1n) is 4.47. The van der Waals surface area contributed by atoms with Gasteiger partial charge in [0.25, 0.3) is 0 Å². The maximum atomic E-state index is 11.8. The van der Waals surface area contributed by atoms with E-state index in [2.05, 4.69) is 18.5 Å². The van der Waals surface area contributed by atoms with Crippen molar-refractivity contribution >= 4 is 30.1 Å². The van der Waals surface area contributed by atoms with Gasteiger partial charge in [-0.15, -0.1) is 0 Å². The van der Waals surface area contributed by atoms with Crippen molar-refractivity contribution in [2.24, 2.45) is 0 Å². The molecule has 0 radical (unpaired) electrons. The molecule has 0 bridgehead atoms. The Hall–Kier alpha value is -0.560. The third-order valence-electron chi connectivity index (χ3n) is 1.75. The maximum absolute atomic E-state index is 11.8. The van der Waals surface area contributed by atoms with E-state index < -0.39 is 24.0 Å². The van der Waals surface area contributed by atoms with Crippen LogP contribution in [-0.4, -0.2) is 45.6 Å². The maximum Gasteiger partial charge on any atom is 0.389 e.